The number of rotatable bonds is 3. The molecule has 0 saturated carbocycles. The molecule has 0 aliphatic carbocycles. The summed E-state index contributed by atoms with van der Waals surface area (Å²) in [5.74, 6) is -0.484. The number of aromatic nitrogens is 1. The zero-order chi connectivity index (χ0) is 13.0. The molecule has 7 heteroatoms. The highest BCUT2D eigenvalue weighted by atomic mass is 32.2. The molecule has 1 heterocycles. The molecule has 0 aliphatic rings. The number of hydrogen-bond acceptors (Lipinski definition) is 5. The molecular formula is C10H8N4OS2. The lowest BCUT2D eigenvalue weighted by atomic mass is 10.2. The number of amides is 1. The van der Waals surface area contributed by atoms with E-state index in [-0.39, 0.29) is 15.6 Å². The summed E-state index contributed by atoms with van der Waals surface area (Å²) >= 11 is 6.11. The van der Waals surface area contributed by atoms with Gasteiger partial charge in [0.1, 0.15) is 17.7 Å². The van der Waals surface area contributed by atoms with Crippen molar-refractivity contribution in [2.45, 2.75) is 17.2 Å². The number of pyridine rings is 1. The van der Waals surface area contributed by atoms with E-state index in [0.717, 1.165) is 11.8 Å². The first-order valence-corrected chi connectivity index (χ1v) is 5.82. The van der Waals surface area contributed by atoms with E-state index in [0.29, 0.717) is 5.03 Å². The lowest BCUT2D eigenvalue weighted by Crippen LogP contribution is -2.22. The summed E-state index contributed by atoms with van der Waals surface area (Å²) in [6.07, 6.45) is 1.42. The summed E-state index contributed by atoms with van der Waals surface area (Å²) in [5, 5.41) is 17.7. The molecule has 1 unspecified atom stereocenters. The van der Waals surface area contributed by atoms with E-state index in [4.69, 9.17) is 28.5 Å². The monoisotopic (exact) mass is 264 g/mol. The van der Waals surface area contributed by atoms with Gasteiger partial charge in [0.25, 0.3) is 0 Å². The van der Waals surface area contributed by atoms with Crippen LogP contribution < -0.4 is 5.73 Å². The molecule has 1 aromatic rings. The molecule has 0 bridgehead atoms. The summed E-state index contributed by atoms with van der Waals surface area (Å²) in [7, 11) is 0. The molecule has 1 rings (SSSR count). The van der Waals surface area contributed by atoms with E-state index in [1.165, 1.54) is 6.20 Å². The first kappa shape index (κ1) is 13.2. The maximum Gasteiger partial charge on any atom is 0.230 e. The van der Waals surface area contributed by atoms with Crippen LogP contribution in [0.5, 0.6) is 0 Å². The molecule has 1 aromatic heterocycles. The van der Waals surface area contributed by atoms with Gasteiger partial charge >= 0.3 is 0 Å². The fourth-order valence-electron chi connectivity index (χ4n) is 1.03. The molecule has 0 aliphatic heterocycles. The van der Waals surface area contributed by atoms with Crippen LogP contribution in [0.3, 0.4) is 0 Å². The normalized spacial score (nSPS) is 11.2. The van der Waals surface area contributed by atoms with Crippen molar-refractivity contribution in [1.29, 1.82) is 10.5 Å². The maximum absolute atomic E-state index is 10.9. The Kier molecular flexibility index (Phi) is 4.27. The van der Waals surface area contributed by atoms with E-state index in [1.54, 1.807) is 6.92 Å². The highest BCUT2D eigenvalue weighted by Gasteiger charge is 2.15. The van der Waals surface area contributed by atoms with Crippen LogP contribution in [0.15, 0.2) is 11.2 Å². The van der Waals surface area contributed by atoms with E-state index in [9.17, 15) is 4.79 Å². The standard InChI is InChI=1S/C10H8N4OS2/c1-5(9(13)15)17-10-7(3-12)8(16)6(2-11)4-14-10/h4-5H,1H3,(H2,13,15)(H,14,16). The Labute approximate surface area is 107 Å². The third kappa shape index (κ3) is 2.84. The second kappa shape index (κ2) is 5.48. The largest absolute Gasteiger partial charge is 0.369 e. The average molecular weight is 264 g/mol. The van der Waals surface area contributed by atoms with Gasteiger partial charge in [-0.25, -0.2) is 0 Å². The Morgan fingerprint density at radius 2 is 2.24 bits per heavy atom. The van der Waals surface area contributed by atoms with Crippen molar-refractivity contribution in [2.24, 2.45) is 5.73 Å². The number of nitriles is 2. The minimum Gasteiger partial charge on any atom is -0.369 e. The number of carbonyl (C=O) groups excluding carboxylic acids is 1. The number of hydrogen-bond donors (Lipinski definition) is 2. The molecule has 86 valence electrons. The molecule has 0 fully saturated rings. The molecule has 1 atom stereocenters. The van der Waals surface area contributed by atoms with E-state index in [2.05, 4.69) is 4.98 Å². The van der Waals surface area contributed by atoms with E-state index >= 15 is 0 Å². The van der Waals surface area contributed by atoms with Crippen LogP contribution in [0.25, 0.3) is 0 Å². The minimum absolute atomic E-state index is 0.188. The summed E-state index contributed by atoms with van der Waals surface area (Å²) in [5.41, 5.74) is 5.56. The average Bonchev–Trinajstić information content (AvgIpc) is 2.29. The van der Waals surface area contributed by atoms with Gasteiger partial charge in [0.15, 0.2) is 0 Å². The fourth-order valence-corrected chi connectivity index (χ4v) is 2.20. The smallest absolute Gasteiger partial charge is 0.230 e. The Bertz CT molecular complexity index is 594. The number of nitrogens with two attached hydrogens (primary N) is 1. The van der Waals surface area contributed by atoms with Gasteiger partial charge in [-0.2, -0.15) is 10.5 Å². The minimum atomic E-state index is -0.485. The first-order chi connectivity index (χ1) is 8.01. The van der Waals surface area contributed by atoms with Crippen LogP contribution in [0.2, 0.25) is 0 Å². The summed E-state index contributed by atoms with van der Waals surface area (Å²) < 4.78 is 0.188. The quantitative estimate of drug-likeness (QED) is 0.634. The van der Waals surface area contributed by atoms with Crippen LogP contribution in [0, 0.1) is 27.2 Å². The SMILES string of the molecule is CC(Sc1[nH]cc(C#N)c(=S)c1C#N)C(N)=O. The van der Waals surface area contributed by atoms with Gasteiger partial charge in [-0.05, 0) is 6.92 Å². The van der Waals surface area contributed by atoms with Crippen molar-refractivity contribution in [2.75, 3.05) is 0 Å². The van der Waals surface area contributed by atoms with E-state index in [1.807, 2.05) is 12.1 Å². The fraction of sp³-hybridized carbons (Fsp3) is 0.200. The number of thioether (sulfide) groups is 1. The zero-order valence-electron chi connectivity index (χ0n) is 8.85. The molecule has 0 aromatic carbocycles. The molecule has 5 nitrogen and oxygen atoms in total. The third-order valence-electron chi connectivity index (χ3n) is 1.97. The van der Waals surface area contributed by atoms with Gasteiger partial charge in [-0.15, -0.1) is 0 Å². The Hall–Kier alpha value is -1.83. The van der Waals surface area contributed by atoms with E-state index < -0.39 is 11.2 Å². The van der Waals surface area contributed by atoms with Crippen molar-refractivity contribution < 1.29 is 4.79 Å². The highest BCUT2D eigenvalue weighted by Crippen LogP contribution is 2.25. The second-order valence-corrected chi connectivity index (χ2v) is 4.88. The number of primary amides is 1. The highest BCUT2D eigenvalue weighted by molar-refractivity contribution is 8.00. The third-order valence-corrected chi connectivity index (χ3v) is 3.54. The van der Waals surface area contributed by atoms with Crippen molar-refractivity contribution in [3.8, 4) is 12.1 Å². The number of carbonyl (C=O) groups is 1. The first-order valence-electron chi connectivity index (χ1n) is 4.53. The van der Waals surface area contributed by atoms with Crippen LogP contribution in [0.4, 0.5) is 0 Å². The summed E-state index contributed by atoms with van der Waals surface area (Å²) in [4.78, 5) is 13.7. The Balaban J connectivity index is 3.25. The van der Waals surface area contributed by atoms with Gasteiger partial charge in [0, 0.05) is 6.20 Å². The lowest BCUT2D eigenvalue weighted by Gasteiger charge is -2.08. The van der Waals surface area contributed by atoms with Gasteiger partial charge in [0.2, 0.25) is 5.91 Å². The molecule has 0 saturated heterocycles. The van der Waals surface area contributed by atoms with Crippen LogP contribution in [0.1, 0.15) is 18.1 Å². The molecule has 1 amide bonds. The molecule has 3 N–H and O–H groups in total. The number of H-pyrrole nitrogens is 1. The Morgan fingerprint density at radius 1 is 1.59 bits per heavy atom. The Morgan fingerprint density at radius 3 is 2.71 bits per heavy atom. The van der Waals surface area contributed by atoms with Gasteiger partial charge in [-0.1, -0.05) is 24.0 Å². The predicted molar refractivity (Wildman–Crippen MR) is 65.6 cm³/mol. The maximum atomic E-state index is 10.9. The van der Waals surface area contributed by atoms with Crippen molar-refractivity contribution in [3.63, 3.8) is 0 Å². The van der Waals surface area contributed by atoms with Crippen molar-refractivity contribution in [3.05, 3.63) is 21.8 Å². The molecule has 0 spiro atoms. The van der Waals surface area contributed by atoms with Crippen LogP contribution in [-0.2, 0) is 4.79 Å². The number of aromatic amines is 1. The molecule has 17 heavy (non-hydrogen) atoms. The molecule has 0 radical (unpaired) electrons. The number of nitrogens with one attached hydrogen (secondary N) is 1. The van der Waals surface area contributed by atoms with Crippen LogP contribution >= 0.6 is 24.0 Å². The van der Waals surface area contributed by atoms with Gasteiger partial charge in [-0.3, -0.25) is 4.79 Å². The lowest BCUT2D eigenvalue weighted by molar-refractivity contribution is -0.117. The van der Waals surface area contributed by atoms with Crippen molar-refractivity contribution in [1.82, 2.24) is 4.98 Å². The summed E-state index contributed by atoms with van der Waals surface area (Å²) in [6, 6.07) is 3.81. The van der Waals surface area contributed by atoms with Crippen molar-refractivity contribution >= 4 is 29.9 Å². The zero-order valence-corrected chi connectivity index (χ0v) is 10.5. The summed E-state index contributed by atoms with van der Waals surface area (Å²) in [6.45, 7) is 1.63. The van der Waals surface area contributed by atoms with Crippen LogP contribution in [-0.4, -0.2) is 16.1 Å². The number of nitrogens with zero attached hydrogens (tertiary/aromatic N) is 2. The second-order valence-electron chi connectivity index (χ2n) is 3.12. The van der Waals surface area contributed by atoms with Gasteiger partial charge in [0.05, 0.1) is 20.3 Å². The predicted octanol–water partition coefficient (Wildman–Crippen LogP) is 1.45. The van der Waals surface area contributed by atoms with Gasteiger partial charge < -0.3 is 10.7 Å². The topological polar surface area (TPSA) is 106 Å². The molecular weight excluding hydrogens is 256 g/mol.